The van der Waals surface area contributed by atoms with Crippen molar-refractivity contribution in [3.63, 3.8) is 0 Å². The monoisotopic (exact) mass is 383 g/mol. The number of amides is 2. The molecule has 0 spiro atoms. The maximum Gasteiger partial charge on any atom is 0.311 e. The van der Waals surface area contributed by atoms with Gasteiger partial charge in [-0.1, -0.05) is 35.9 Å². The summed E-state index contributed by atoms with van der Waals surface area (Å²) >= 11 is 5.98. The van der Waals surface area contributed by atoms with Crippen molar-refractivity contribution in [1.82, 2.24) is 0 Å². The van der Waals surface area contributed by atoms with Gasteiger partial charge in [-0.2, -0.15) is 0 Å². The number of fused-ring (bicyclic) bond motifs is 1. The van der Waals surface area contributed by atoms with Gasteiger partial charge in [-0.25, -0.2) is 4.90 Å². The molecule has 0 N–H and O–H groups in total. The van der Waals surface area contributed by atoms with E-state index in [1.54, 1.807) is 49.4 Å². The Balaban J connectivity index is 1.81. The van der Waals surface area contributed by atoms with Crippen molar-refractivity contribution in [3.8, 4) is 0 Å². The minimum Gasteiger partial charge on any atom is -0.466 e. The summed E-state index contributed by atoms with van der Waals surface area (Å²) in [6.45, 7) is 3.79. The number of nitrogens with zero attached hydrogens (tertiary/aromatic N) is 1. The number of hydrogen-bond donors (Lipinski definition) is 0. The van der Waals surface area contributed by atoms with Crippen molar-refractivity contribution in [2.45, 2.75) is 19.3 Å². The fourth-order valence-corrected chi connectivity index (χ4v) is 4.32. The highest BCUT2D eigenvalue weighted by Crippen LogP contribution is 2.66. The SMILES string of the molecule is CCOC(=O)[C@@H]1[C@@H]2C(=O)N(c3cccc(C)c3)C(=O)[C@@]12c1ccc(Cl)cc1. The third kappa shape index (κ3) is 2.42. The highest BCUT2D eigenvalue weighted by molar-refractivity contribution is 6.32. The quantitative estimate of drug-likeness (QED) is 0.600. The first-order valence-electron chi connectivity index (χ1n) is 8.80. The van der Waals surface area contributed by atoms with Crippen LogP contribution < -0.4 is 4.90 Å². The fourth-order valence-electron chi connectivity index (χ4n) is 4.19. The molecule has 3 atom stereocenters. The van der Waals surface area contributed by atoms with E-state index in [1.165, 1.54) is 4.90 Å². The zero-order valence-corrected chi connectivity index (χ0v) is 15.7. The number of ether oxygens (including phenoxy) is 1. The van der Waals surface area contributed by atoms with Gasteiger partial charge in [0.05, 0.1) is 24.1 Å². The standard InChI is InChI=1S/C21H18ClNO4/c1-3-27-19(25)17-16-18(24)23(15-6-4-5-12(2)11-15)20(26)21(16,17)13-7-9-14(22)10-8-13/h4-11,16-17H,3H2,1-2H3/t16-,17+,21-/m1/s1. The predicted octanol–water partition coefficient (Wildman–Crippen LogP) is 3.27. The second-order valence-electron chi connectivity index (χ2n) is 6.90. The van der Waals surface area contributed by atoms with Crippen LogP contribution in [0.25, 0.3) is 0 Å². The van der Waals surface area contributed by atoms with Crippen LogP contribution in [0.15, 0.2) is 48.5 Å². The number of aryl methyl sites for hydroxylation is 1. The molecule has 5 nitrogen and oxygen atoms in total. The number of anilines is 1. The van der Waals surface area contributed by atoms with Crippen molar-refractivity contribution in [2.75, 3.05) is 11.5 Å². The van der Waals surface area contributed by atoms with E-state index in [9.17, 15) is 14.4 Å². The zero-order chi connectivity index (χ0) is 19.3. The highest BCUT2D eigenvalue weighted by atomic mass is 35.5. The molecule has 2 aromatic carbocycles. The molecule has 1 heterocycles. The molecule has 0 bridgehead atoms. The van der Waals surface area contributed by atoms with E-state index in [4.69, 9.17) is 16.3 Å². The maximum absolute atomic E-state index is 13.5. The van der Waals surface area contributed by atoms with Crippen LogP contribution in [0, 0.1) is 18.8 Å². The van der Waals surface area contributed by atoms with Crippen LogP contribution in [-0.2, 0) is 24.5 Å². The molecule has 2 aliphatic rings. The summed E-state index contributed by atoms with van der Waals surface area (Å²) in [6.07, 6.45) is 0. The van der Waals surface area contributed by atoms with Crippen LogP contribution in [0.5, 0.6) is 0 Å². The van der Waals surface area contributed by atoms with Crippen molar-refractivity contribution in [1.29, 1.82) is 0 Å². The number of hydrogen-bond acceptors (Lipinski definition) is 4. The van der Waals surface area contributed by atoms with E-state index in [0.717, 1.165) is 5.56 Å². The summed E-state index contributed by atoms with van der Waals surface area (Å²) in [5, 5.41) is 0.521. The van der Waals surface area contributed by atoms with E-state index >= 15 is 0 Å². The number of carbonyl (C=O) groups is 3. The number of imide groups is 1. The van der Waals surface area contributed by atoms with Gasteiger partial charge < -0.3 is 4.74 Å². The maximum atomic E-state index is 13.5. The molecular weight excluding hydrogens is 366 g/mol. The first kappa shape index (κ1) is 17.7. The third-order valence-corrected chi connectivity index (χ3v) is 5.62. The third-order valence-electron chi connectivity index (χ3n) is 5.37. The molecular formula is C21H18ClNO4. The molecule has 1 saturated heterocycles. The first-order chi connectivity index (χ1) is 12.9. The van der Waals surface area contributed by atoms with E-state index in [2.05, 4.69) is 0 Å². The lowest BCUT2D eigenvalue weighted by Crippen LogP contribution is -2.40. The van der Waals surface area contributed by atoms with Crippen LogP contribution in [-0.4, -0.2) is 24.4 Å². The van der Waals surface area contributed by atoms with Gasteiger partial charge in [0.25, 0.3) is 0 Å². The summed E-state index contributed by atoms with van der Waals surface area (Å²) in [7, 11) is 0. The molecule has 0 aromatic heterocycles. The van der Waals surface area contributed by atoms with Gasteiger partial charge in [-0.15, -0.1) is 0 Å². The Morgan fingerprint density at radius 3 is 2.52 bits per heavy atom. The lowest BCUT2D eigenvalue weighted by Gasteiger charge is -2.22. The molecule has 2 amide bonds. The summed E-state index contributed by atoms with van der Waals surface area (Å²) in [6, 6.07) is 13.9. The van der Waals surface area contributed by atoms with Crippen LogP contribution in [0.1, 0.15) is 18.1 Å². The predicted molar refractivity (Wildman–Crippen MR) is 100 cm³/mol. The van der Waals surface area contributed by atoms with Gasteiger partial charge in [-0.05, 0) is 49.2 Å². The molecule has 0 radical (unpaired) electrons. The Morgan fingerprint density at radius 2 is 1.89 bits per heavy atom. The van der Waals surface area contributed by atoms with Crippen LogP contribution in [0.2, 0.25) is 5.02 Å². The van der Waals surface area contributed by atoms with Crippen molar-refractivity contribution < 1.29 is 19.1 Å². The highest BCUT2D eigenvalue weighted by Gasteiger charge is 2.83. The average Bonchev–Trinajstić information content (AvgIpc) is 3.28. The number of benzene rings is 2. The lowest BCUT2D eigenvalue weighted by atomic mass is 9.91. The Kier molecular flexibility index (Phi) is 4.07. The van der Waals surface area contributed by atoms with E-state index in [-0.39, 0.29) is 18.4 Å². The number of halogens is 1. The molecule has 138 valence electrons. The molecule has 2 aromatic rings. The molecule has 27 heavy (non-hydrogen) atoms. The molecule has 1 aliphatic heterocycles. The van der Waals surface area contributed by atoms with Gasteiger partial charge in [0, 0.05) is 5.02 Å². The van der Waals surface area contributed by atoms with Gasteiger partial charge in [0.2, 0.25) is 11.8 Å². The largest absolute Gasteiger partial charge is 0.466 e. The minimum atomic E-state index is -1.21. The topological polar surface area (TPSA) is 63.7 Å². The lowest BCUT2D eigenvalue weighted by molar-refractivity contribution is -0.147. The summed E-state index contributed by atoms with van der Waals surface area (Å²) in [5.74, 6) is -2.80. The van der Waals surface area contributed by atoms with Crippen LogP contribution in [0.3, 0.4) is 0 Å². The summed E-state index contributed by atoms with van der Waals surface area (Å²) < 4.78 is 5.14. The number of carbonyl (C=O) groups excluding carboxylic acids is 3. The van der Waals surface area contributed by atoms with Gasteiger partial charge >= 0.3 is 5.97 Å². The number of rotatable bonds is 4. The molecule has 0 unspecified atom stereocenters. The Morgan fingerprint density at radius 1 is 1.19 bits per heavy atom. The molecule has 1 saturated carbocycles. The van der Waals surface area contributed by atoms with E-state index < -0.39 is 23.2 Å². The molecule has 1 aliphatic carbocycles. The van der Waals surface area contributed by atoms with Crippen LogP contribution >= 0.6 is 11.6 Å². The van der Waals surface area contributed by atoms with Crippen molar-refractivity contribution >= 4 is 35.1 Å². The van der Waals surface area contributed by atoms with E-state index in [1.807, 2.05) is 13.0 Å². The summed E-state index contributed by atoms with van der Waals surface area (Å²) in [4.78, 5) is 40.2. The number of piperidine rings is 1. The normalized spacial score (nSPS) is 26.1. The minimum absolute atomic E-state index is 0.197. The first-order valence-corrected chi connectivity index (χ1v) is 9.18. The number of esters is 1. The second kappa shape index (κ2) is 6.20. The smallest absolute Gasteiger partial charge is 0.311 e. The second-order valence-corrected chi connectivity index (χ2v) is 7.34. The van der Waals surface area contributed by atoms with E-state index in [0.29, 0.717) is 16.3 Å². The van der Waals surface area contributed by atoms with Gasteiger partial charge in [0.1, 0.15) is 5.41 Å². The van der Waals surface area contributed by atoms with Gasteiger partial charge in [0.15, 0.2) is 0 Å². The van der Waals surface area contributed by atoms with Gasteiger partial charge in [-0.3, -0.25) is 14.4 Å². The molecule has 4 rings (SSSR count). The summed E-state index contributed by atoms with van der Waals surface area (Å²) in [5.41, 5.74) is 0.866. The molecule has 6 heteroatoms. The van der Waals surface area contributed by atoms with Crippen molar-refractivity contribution in [3.05, 3.63) is 64.7 Å². The Labute approximate surface area is 161 Å². The average molecular weight is 384 g/mol. The Hall–Kier alpha value is -2.66. The molecule has 2 fully saturated rings. The zero-order valence-electron chi connectivity index (χ0n) is 14.9. The Bertz CT molecular complexity index is 955. The fraction of sp³-hybridized carbons (Fsp3) is 0.286. The van der Waals surface area contributed by atoms with Crippen LogP contribution in [0.4, 0.5) is 5.69 Å². The van der Waals surface area contributed by atoms with Crippen molar-refractivity contribution in [2.24, 2.45) is 11.8 Å².